The van der Waals surface area contributed by atoms with Crippen molar-refractivity contribution < 1.29 is 41.6 Å². The number of carbonyl (C=O) groups is 3. The molecule has 6 atom stereocenters. The Kier molecular flexibility index (Phi) is 6.84. The second-order valence-electron chi connectivity index (χ2n) is 8.45. The topological polar surface area (TPSA) is 136 Å². The molecule has 35 heavy (non-hydrogen) atoms. The first-order valence-electron chi connectivity index (χ1n) is 10.3. The van der Waals surface area contributed by atoms with E-state index in [-0.39, 0.29) is 11.7 Å². The van der Waals surface area contributed by atoms with Gasteiger partial charge in [-0.2, -0.15) is 0 Å². The molecule has 2 aromatic rings. The van der Waals surface area contributed by atoms with Gasteiger partial charge in [0.1, 0.15) is 28.1 Å². The van der Waals surface area contributed by atoms with Crippen molar-refractivity contribution in [2.75, 3.05) is 0 Å². The first-order chi connectivity index (χ1) is 16.5. The van der Waals surface area contributed by atoms with Crippen molar-refractivity contribution in [1.82, 2.24) is 0 Å². The van der Waals surface area contributed by atoms with Crippen LogP contribution in [-0.4, -0.2) is 43.1 Å². The Morgan fingerprint density at radius 1 is 1.00 bits per heavy atom. The third-order valence-corrected chi connectivity index (χ3v) is 11.4. The first kappa shape index (κ1) is 25.6. The van der Waals surface area contributed by atoms with Gasteiger partial charge in [-0.1, -0.05) is 0 Å². The third kappa shape index (κ3) is 4.48. The highest BCUT2D eigenvalue weighted by atomic mass is 127. The molecule has 1 saturated heterocycles. The van der Waals surface area contributed by atoms with E-state index in [1.54, 1.807) is 0 Å². The number of fused-ring (bicyclic) bond motifs is 1. The van der Waals surface area contributed by atoms with E-state index in [2.05, 4.69) is 67.8 Å². The summed E-state index contributed by atoms with van der Waals surface area (Å²) in [6.45, 7) is 0. The Hall–Kier alpha value is -1.05. The summed E-state index contributed by atoms with van der Waals surface area (Å²) in [5, 5.41) is 0. The lowest BCUT2D eigenvalue weighted by atomic mass is 9.78. The fourth-order valence-electron chi connectivity index (χ4n) is 5.22. The minimum Gasteiger partial charge on any atom is -0.744 e. The van der Waals surface area contributed by atoms with E-state index >= 15 is 0 Å². The molecule has 9 nitrogen and oxygen atoms in total. The van der Waals surface area contributed by atoms with Gasteiger partial charge in [0.15, 0.2) is 0 Å². The van der Waals surface area contributed by atoms with Gasteiger partial charge in [-0.25, -0.2) is 13.2 Å². The predicted molar refractivity (Wildman–Crippen MR) is 142 cm³/mol. The number of esters is 3. The molecule has 3 fully saturated rings. The maximum atomic E-state index is 13.1. The van der Waals surface area contributed by atoms with E-state index in [1.165, 1.54) is 12.1 Å². The molecular weight excluding hydrogens is 821 g/mol. The zero-order chi connectivity index (χ0) is 25.2. The number of carbonyl (C=O) groups excluding carboxylic acids is 3. The SMILES string of the molecule is O=C(OC1C2CC3C1OC(=O)C3C2C(=O)Oc1ccc(S(=O)(=O)[O-])cc1)c1c(I)ccc(I)c1I. The monoisotopic (exact) mass is 835 g/mol. The minimum atomic E-state index is -4.64. The molecule has 1 aliphatic heterocycles. The molecule has 13 heteroatoms. The number of ether oxygens (including phenoxy) is 3. The van der Waals surface area contributed by atoms with Gasteiger partial charge in [0.25, 0.3) is 0 Å². The highest BCUT2D eigenvalue weighted by molar-refractivity contribution is 14.1. The maximum absolute atomic E-state index is 13.1. The molecule has 6 unspecified atom stereocenters. The highest BCUT2D eigenvalue weighted by Gasteiger charge is 2.70. The molecule has 0 N–H and O–H groups in total. The number of halogens is 3. The number of rotatable bonds is 5. The van der Waals surface area contributed by atoms with Crippen LogP contribution in [0.15, 0.2) is 41.3 Å². The van der Waals surface area contributed by atoms with Gasteiger partial charge in [0, 0.05) is 22.5 Å². The molecule has 2 bridgehead atoms. The molecule has 3 aliphatic rings. The lowest BCUT2D eigenvalue weighted by Gasteiger charge is -2.30. The average Bonchev–Trinajstić information content (AvgIpc) is 3.40. The van der Waals surface area contributed by atoms with Crippen molar-refractivity contribution in [1.29, 1.82) is 0 Å². The molecule has 0 amide bonds. The Morgan fingerprint density at radius 3 is 2.31 bits per heavy atom. The Morgan fingerprint density at radius 2 is 1.66 bits per heavy atom. The van der Waals surface area contributed by atoms with Crippen molar-refractivity contribution in [3.63, 3.8) is 0 Å². The second kappa shape index (κ2) is 9.36. The third-order valence-electron chi connectivity index (χ3n) is 6.64. The van der Waals surface area contributed by atoms with Crippen LogP contribution in [0.3, 0.4) is 0 Å². The molecule has 0 spiro atoms. The molecule has 5 rings (SSSR count). The van der Waals surface area contributed by atoms with E-state index in [9.17, 15) is 27.4 Å². The molecule has 184 valence electrons. The zero-order valence-corrected chi connectivity index (χ0v) is 24.6. The van der Waals surface area contributed by atoms with E-state index in [0.29, 0.717) is 12.0 Å². The van der Waals surface area contributed by atoms with Crippen LogP contribution in [0, 0.1) is 34.4 Å². The summed E-state index contributed by atoms with van der Waals surface area (Å²) in [4.78, 5) is 38.4. The van der Waals surface area contributed by atoms with Crippen molar-refractivity contribution in [2.45, 2.75) is 23.5 Å². The van der Waals surface area contributed by atoms with Crippen molar-refractivity contribution in [2.24, 2.45) is 23.7 Å². The second-order valence-corrected chi connectivity index (χ2v) is 13.2. The summed E-state index contributed by atoms with van der Waals surface area (Å²) < 4.78 is 52.5. The fourth-order valence-corrected chi connectivity index (χ4v) is 8.02. The normalized spacial score (nSPS) is 28.6. The fraction of sp³-hybridized carbons (Fsp3) is 0.318. The van der Waals surface area contributed by atoms with Gasteiger partial charge >= 0.3 is 17.9 Å². The molecule has 0 radical (unpaired) electrons. The molecular formula is C22H14I3O9S-. The van der Waals surface area contributed by atoms with Crippen LogP contribution in [0.1, 0.15) is 16.8 Å². The van der Waals surface area contributed by atoms with Crippen LogP contribution < -0.4 is 4.74 Å². The van der Waals surface area contributed by atoms with Crippen LogP contribution >= 0.6 is 67.8 Å². The highest BCUT2D eigenvalue weighted by Crippen LogP contribution is 2.59. The molecule has 1 heterocycles. The summed E-state index contributed by atoms with van der Waals surface area (Å²) in [7, 11) is -4.64. The zero-order valence-electron chi connectivity index (χ0n) is 17.4. The van der Waals surface area contributed by atoms with Crippen LogP contribution in [0.2, 0.25) is 0 Å². The lowest BCUT2D eigenvalue weighted by Crippen LogP contribution is -2.44. The quantitative estimate of drug-likeness (QED) is 0.146. The van der Waals surface area contributed by atoms with Gasteiger partial charge in [0.05, 0.1) is 22.3 Å². The van der Waals surface area contributed by atoms with Crippen LogP contribution in [-0.2, 0) is 29.2 Å². The smallest absolute Gasteiger partial charge is 0.340 e. The summed E-state index contributed by atoms with van der Waals surface area (Å²) in [5.74, 6) is -4.01. The lowest BCUT2D eigenvalue weighted by molar-refractivity contribution is -0.149. The standard InChI is InChI=1S/C22H15I3O9S/c23-12-5-6-13(24)17(25)16(12)22(28)34-19-10-7-11-15(21(27)33-18(11)19)14(10)20(26)32-8-1-3-9(4-2-8)35(29,30)31/h1-6,10-11,14-15,18-19H,7H2,(H,29,30,31)/p-1. The van der Waals surface area contributed by atoms with E-state index in [1.807, 2.05) is 12.1 Å². The molecule has 2 aliphatic carbocycles. The van der Waals surface area contributed by atoms with Gasteiger partial charge in [-0.15, -0.1) is 0 Å². The van der Waals surface area contributed by atoms with E-state index in [0.717, 1.165) is 22.8 Å². The molecule has 2 saturated carbocycles. The first-order valence-corrected chi connectivity index (χ1v) is 14.9. The van der Waals surface area contributed by atoms with Gasteiger partial charge < -0.3 is 18.8 Å². The average molecular weight is 835 g/mol. The van der Waals surface area contributed by atoms with Gasteiger partial charge in [0.2, 0.25) is 0 Å². The van der Waals surface area contributed by atoms with Crippen LogP contribution in [0.4, 0.5) is 0 Å². The van der Waals surface area contributed by atoms with Crippen LogP contribution in [0.25, 0.3) is 0 Å². The summed E-state index contributed by atoms with van der Waals surface area (Å²) in [6.07, 6.45) is -0.914. The van der Waals surface area contributed by atoms with Crippen molar-refractivity contribution in [3.05, 3.63) is 52.7 Å². The van der Waals surface area contributed by atoms with Crippen molar-refractivity contribution >= 4 is 95.8 Å². The summed E-state index contributed by atoms with van der Waals surface area (Å²) in [6, 6.07) is 8.19. The Labute approximate surface area is 240 Å². The number of benzene rings is 2. The van der Waals surface area contributed by atoms with E-state index < -0.39 is 62.9 Å². The number of hydrogen-bond donors (Lipinski definition) is 0. The number of hydrogen-bond acceptors (Lipinski definition) is 9. The van der Waals surface area contributed by atoms with Gasteiger partial charge in [-0.05, 0) is 111 Å². The van der Waals surface area contributed by atoms with Crippen LogP contribution in [0.5, 0.6) is 5.75 Å². The largest absolute Gasteiger partial charge is 0.744 e. The molecule has 2 aromatic carbocycles. The Balaban J connectivity index is 1.38. The van der Waals surface area contributed by atoms with Crippen molar-refractivity contribution in [3.8, 4) is 5.75 Å². The maximum Gasteiger partial charge on any atom is 0.340 e. The minimum absolute atomic E-state index is 0.0320. The summed E-state index contributed by atoms with van der Waals surface area (Å²) in [5.41, 5.74) is 0.425. The summed E-state index contributed by atoms with van der Waals surface area (Å²) >= 11 is 6.28. The van der Waals surface area contributed by atoms with Gasteiger partial charge in [-0.3, -0.25) is 9.59 Å². The van der Waals surface area contributed by atoms with E-state index in [4.69, 9.17) is 14.2 Å². The Bertz CT molecular complexity index is 1360. The molecule has 0 aromatic heterocycles. The predicted octanol–water partition coefficient (Wildman–Crippen LogP) is 3.34.